The Labute approximate surface area is 124 Å². The molecule has 114 valence electrons. The van der Waals surface area contributed by atoms with Crippen LogP contribution in [0.3, 0.4) is 0 Å². The summed E-state index contributed by atoms with van der Waals surface area (Å²) >= 11 is 0. The maximum atomic E-state index is 13.8. The number of nitrogens with zero attached hydrogens (tertiary/aromatic N) is 1. The van der Waals surface area contributed by atoms with Gasteiger partial charge in [-0.25, -0.2) is 9.18 Å². The van der Waals surface area contributed by atoms with E-state index in [4.69, 9.17) is 5.11 Å². The van der Waals surface area contributed by atoms with Gasteiger partial charge in [0.1, 0.15) is 5.82 Å². The summed E-state index contributed by atoms with van der Waals surface area (Å²) in [5.74, 6) is 1.18. The molecule has 2 aliphatic rings. The lowest BCUT2D eigenvalue weighted by Gasteiger charge is -2.27. The number of carbonyl (C=O) groups is 1. The average molecular weight is 291 g/mol. The molecule has 2 saturated carbocycles. The minimum Gasteiger partial charge on any atom is -0.478 e. The van der Waals surface area contributed by atoms with Crippen LogP contribution in [-0.4, -0.2) is 29.6 Å². The number of hydrogen-bond acceptors (Lipinski definition) is 2. The highest BCUT2D eigenvalue weighted by Gasteiger charge is 2.39. The maximum Gasteiger partial charge on any atom is 0.335 e. The first-order valence-corrected chi connectivity index (χ1v) is 7.73. The molecule has 0 aromatic heterocycles. The van der Waals surface area contributed by atoms with Crippen molar-refractivity contribution in [3.63, 3.8) is 0 Å². The topological polar surface area (TPSA) is 40.5 Å². The standard InChI is InChI=1S/C17H22FNO2/c1-19(9-14-7-11-2-3-12(14)6-11)10-15-8-13(17(20)21)4-5-16(15)18/h4-5,8,11-12,14H,2-3,6-7,9-10H2,1H3,(H,20,21). The van der Waals surface area contributed by atoms with Gasteiger partial charge in [0, 0.05) is 18.7 Å². The number of rotatable bonds is 5. The van der Waals surface area contributed by atoms with E-state index in [1.54, 1.807) is 0 Å². The van der Waals surface area contributed by atoms with Gasteiger partial charge >= 0.3 is 5.97 Å². The van der Waals surface area contributed by atoms with E-state index in [1.807, 2.05) is 7.05 Å². The van der Waals surface area contributed by atoms with Crippen molar-refractivity contribution in [2.45, 2.75) is 32.2 Å². The van der Waals surface area contributed by atoms with Gasteiger partial charge in [-0.3, -0.25) is 0 Å². The molecule has 2 fully saturated rings. The smallest absolute Gasteiger partial charge is 0.335 e. The third kappa shape index (κ3) is 3.10. The Hall–Kier alpha value is -1.42. The predicted molar refractivity (Wildman–Crippen MR) is 78.6 cm³/mol. The molecule has 3 unspecified atom stereocenters. The van der Waals surface area contributed by atoms with Crippen molar-refractivity contribution in [2.75, 3.05) is 13.6 Å². The molecule has 0 spiro atoms. The largest absolute Gasteiger partial charge is 0.478 e. The highest BCUT2D eigenvalue weighted by molar-refractivity contribution is 5.87. The molecule has 0 aliphatic heterocycles. The fraction of sp³-hybridized carbons (Fsp3) is 0.588. The number of carboxylic acid groups (broad SMARTS) is 1. The van der Waals surface area contributed by atoms with E-state index in [2.05, 4.69) is 4.90 Å². The first-order valence-electron chi connectivity index (χ1n) is 7.73. The summed E-state index contributed by atoms with van der Waals surface area (Å²) in [6.45, 7) is 1.46. The number of aromatic carboxylic acids is 1. The van der Waals surface area contributed by atoms with Crippen LogP contribution in [0.25, 0.3) is 0 Å². The van der Waals surface area contributed by atoms with Gasteiger partial charge in [-0.1, -0.05) is 6.42 Å². The van der Waals surface area contributed by atoms with Crippen LogP contribution in [-0.2, 0) is 6.54 Å². The lowest BCUT2D eigenvalue weighted by atomic mass is 9.88. The molecular weight excluding hydrogens is 269 g/mol. The lowest BCUT2D eigenvalue weighted by molar-refractivity contribution is 0.0696. The molecule has 1 aromatic rings. The Morgan fingerprint density at radius 1 is 1.38 bits per heavy atom. The summed E-state index contributed by atoms with van der Waals surface area (Å²) in [6, 6.07) is 4.02. The maximum absolute atomic E-state index is 13.8. The van der Waals surface area contributed by atoms with Crippen LogP contribution in [0, 0.1) is 23.6 Å². The SMILES string of the molecule is CN(Cc1cc(C(=O)O)ccc1F)CC1CC2CCC1C2. The van der Waals surface area contributed by atoms with E-state index in [0.29, 0.717) is 12.1 Å². The zero-order chi connectivity index (χ0) is 15.0. The lowest BCUT2D eigenvalue weighted by Crippen LogP contribution is -2.28. The van der Waals surface area contributed by atoms with E-state index >= 15 is 0 Å². The van der Waals surface area contributed by atoms with Crippen molar-refractivity contribution < 1.29 is 14.3 Å². The van der Waals surface area contributed by atoms with Gasteiger partial charge < -0.3 is 10.0 Å². The number of halogens is 1. The van der Waals surface area contributed by atoms with Gasteiger partial charge in [-0.2, -0.15) is 0 Å². The summed E-state index contributed by atoms with van der Waals surface area (Å²) in [6.07, 6.45) is 5.43. The molecule has 3 rings (SSSR count). The number of fused-ring (bicyclic) bond motifs is 2. The van der Waals surface area contributed by atoms with Gasteiger partial charge in [0.25, 0.3) is 0 Å². The first-order chi connectivity index (χ1) is 10.0. The van der Waals surface area contributed by atoms with Crippen molar-refractivity contribution in [1.29, 1.82) is 0 Å². The fourth-order valence-corrected chi connectivity index (χ4v) is 4.18. The van der Waals surface area contributed by atoms with Crippen LogP contribution in [0.15, 0.2) is 18.2 Å². The minimum atomic E-state index is -1.01. The molecule has 0 saturated heterocycles. The molecule has 4 heteroatoms. The van der Waals surface area contributed by atoms with Crippen molar-refractivity contribution in [2.24, 2.45) is 17.8 Å². The fourth-order valence-electron chi connectivity index (χ4n) is 4.18. The van der Waals surface area contributed by atoms with Crippen LogP contribution in [0.5, 0.6) is 0 Å². The van der Waals surface area contributed by atoms with Gasteiger partial charge in [0.2, 0.25) is 0 Å². The molecule has 0 heterocycles. The van der Waals surface area contributed by atoms with Crippen LogP contribution in [0.2, 0.25) is 0 Å². The van der Waals surface area contributed by atoms with Gasteiger partial charge in [-0.05, 0) is 62.3 Å². The van der Waals surface area contributed by atoms with E-state index in [0.717, 1.165) is 24.3 Å². The number of carboxylic acids is 1. The predicted octanol–water partition coefficient (Wildman–Crippen LogP) is 3.39. The van der Waals surface area contributed by atoms with Crippen molar-refractivity contribution >= 4 is 5.97 Å². The Bertz CT molecular complexity index is 546. The molecule has 3 nitrogen and oxygen atoms in total. The molecule has 0 amide bonds. The average Bonchev–Trinajstić information content (AvgIpc) is 3.03. The molecular formula is C17H22FNO2. The molecule has 21 heavy (non-hydrogen) atoms. The highest BCUT2D eigenvalue weighted by atomic mass is 19.1. The van der Waals surface area contributed by atoms with E-state index in [9.17, 15) is 9.18 Å². The van der Waals surface area contributed by atoms with Crippen molar-refractivity contribution in [1.82, 2.24) is 4.90 Å². The molecule has 2 bridgehead atoms. The normalized spacial score (nSPS) is 27.5. The third-order valence-corrected chi connectivity index (χ3v) is 5.16. The first kappa shape index (κ1) is 14.5. The van der Waals surface area contributed by atoms with E-state index in [1.165, 1.54) is 43.9 Å². The van der Waals surface area contributed by atoms with Crippen molar-refractivity contribution in [3.05, 3.63) is 35.1 Å². The Balaban J connectivity index is 1.63. The second-order valence-corrected chi connectivity index (χ2v) is 6.74. The molecule has 2 aliphatic carbocycles. The van der Waals surface area contributed by atoms with Gasteiger partial charge in [0.15, 0.2) is 0 Å². The van der Waals surface area contributed by atoms with Crippen LogP contribution < -0.4 is 0 Å². The quantitative estimate of drug-likeness (QED) is 0.904. The summed E-state index contributed by atoms with van der Waals surface area (Å²) in [5.41, 5.74) is 0.625. The Morgan fingerprint density at radius 2 is 2.19 bits per heavy atom. The Kier molecular flexibility index (Phi) is 3.98. The Morgan fingerprint density at radius 3 is 2.81 bits per heavy atom. The number of benzene rings is 1. The summed E-state index contributed by atoms with van der Waals surface area (Å²) in [4.78, 5) is 13.1. The molecule has 1 N–H and O–H groups in total. The third-order valence-electron chi connectivity index (χ3n) is 5.16. The van der Waals surface area contributed by atoms with Gasteiger partial charge in [-0.15, -0.1) is 0 Å². The summed E-state index contributed by atoms with van der Waals surface area (Å²) in [5, 5.41) is 9.00. The van der Waals surface area contributed by atoms with Crippen LogP contribution in [0.1, 0.15) is 41.6 Å². The van der Waals surface area contributed by atoms with E-state index in [-0.39, 0.29) is 11.4 Å². The van der Waals surface area contributed by atoms with Crippen LogP contribution in [0.4, 0.5) is 4.39 Å². The summed E-state index contributed by atoms with van der Waals surface area (Å²) < 4.78 is 13.8. The molecule has 0 radical (unpaired) electrons. The van der Waals surface area contributed by atoms with E-state index < -0.39 is 5.97 Å². The minimum absolute atomic E-state index is 0.153. The van der Waals surface area contributed by atoms with Crippen LogP contribution >= 0.6 is 0 Å². The second kappa shape index (κ2) is 5.76. The second-order valence-electron chi connectivity index (χ2n) is 6.74. The summed E-state index contributed by atoms with van der Waals surface area (Å²) in [7, 11) is 2.00. The van der Waals surface area contributed by atoms with Crippen molar-refractivity contribution in [3.8, 4) is 0 Å². The number of hydrogen-bond donors (Lipinski definition) is 1. The molecule has 3 atom stereocenters. The molecule has 1 aromatic carbocycles. The monoisotopic (exact) mass is 291 g/mol. The highest BCUT2D eigenvalue weighted by Crippen LogP contribution is 2.48. The zero-order valence-electron chi connectivity index (χ0n) is 12.4. The van der Waals surface area contributed by atoms with Gasteiger partial charge in [0.05, 0.1) is 5.56 Å². The zero-order valence-corrected chi connectivity index (χ0v) is 12.4.